The number of rotatable bonds is 9. The van der Waals surface area contributed by atoms with E-state index in [0.29, 0.717) is 13.1 Å². The molecule has 0 amide bonds. The Hall–Kier alpha value is -1.12. The molecular weight excluding hydrogens is 290 g/mol. The molecule has 0 spiro atoms. The van der Waals surface area contributed by atoms with Crippen LogP contribution >= 0.6 is 0 Å². The summed E-state index contributed by atoms with van der Waals surface area (Å²) in [6, 6.07) is 0. The van der Waals surface area contributed by atoms with Crippen molar-refractivity contribution in [1.29, 1.82) is 0 Å². The van der Waals surface area contributed by atoms with Crippen LogP contribution in [-0.2, 0) is 23.6 Å². The first kappa shape index (κ1) is 17.9. The molecule has 0 fully saturated rings. The van der Waals surface area contributed by atoms with Gasteiger partial charge < -0.3 is 14.8 Å². The number of hydrogen-bond acceptors (Lipinski definition) is 5. The van der Waals surface area contributed by atoms with Gasteiger partial charge in [0.2, 0.25) is 16.0 Å². The van der Waals surface area contributed by atoms with Crippen molar-refractivity contribution in [2.45, 2.75) is 19.9 Å². The third kappa shape index (κ3) is 5.29. The molecule has 0 atom stereocenters. The van der Waals surface area contributed by atoms with Crippen molar-refractivity contribution >= 4 is 16.0 Å². The molecule has 8 heteroatoms. The van der Waals surface area contributed by atoms with Crippen LogP contribution in [-0.4, -0.2) is 62.3 Å². The van der Waals surface area contributed by atoms with E-state index in [2.05, 4.69) is 10.3 Å². The highest BCUT2D eigenvalue weighted by Gasteiger charge is 2.13. The van der Waals surface area contributed by atoms with Gasteiger partial charge >= 0.3 is 0 Å². The van der Waals surface area contributed by atoms with Gasteiger partial charge in [-0.25, -0.2) is 17.7 Å². The highest BCUT2D eigenvalue weighted by atomic mass is 32.2. The lowest BCUT2D eigenvalue weighted by atomic mass is 10.4. The minimum Gasteiger partial charge on any atom is -0.348 e. The van der Waals surface area contributed by atoms with Crippen molar-refractivity contribution in [1.82, 2.24) is 19.2 Å². The van der Waals surface area contributed by atoms with Gasteiger partial charge in [-0.1, -0.05) is 6.92 Å². The third-order valence-electron chi connectivity index (χ3n) is 3.35. The van der Waals surface area contributed by atoms with E-state index in [4.69, 9.17) is 0 Å². The minimum absolute atomic E-state index is 0.521. The van der Waals surface area contributed by atoms with Gasteiger partial charge in [-0.2, -0.15) is 0 Å². The highest BCUT2D eigenvalue weighted by Crippen LogP contribution is 2.10. The van der Waals surface area contributed by atoms with Crippen LogP contribution in [0, 0.1) is 0 Å². The quantitative estimate of drug-likeness (QED) is 0.661. The Labute approximate surface area is 128 Å². The van der Waals surface area contributed by atoms with Crippen LogP contribution < -0.4 is 10.2 Å². The zero-order valence-corrected chi connectivity index (χ0v) is 14.4. The summed E-state index contributed by atoms with van der Waals surface area (Å²) in [5.41, 5.74) is 1.11. The molecule has 0 aromatic carbocycles. The molecule has 0 saturated carbocycles. The molecule has 0 radical (unpaired) electrons. The SMILES string of the molecule is CCN(CCCNCc1cnc(N(C)C)n1C)S(C)(=O)=O. The molecule has 1 rings (SSSR count). The summed E-state index contributed by atoms with van der Waals surface area (Å²) in [5.74, 6) is 0.918. The predicted molar refractivity (Wildman–Crippen MR) is 85.9 cm³/mol. The fourth-order valence-electron chi connectivity index (χ4n) is 2.17. The number of hydrogen-bond donors (Lipinski definition) is 1. The van der Waals surface area contributed by atoms with Crippen LogP contribution in [0.3, 0.4) is 0 Å². The van der Waals surface area contributed by atoms with Gasteiger partial charge in [0.05, 0.1) is 18.1 Å². The zero-order valence-electron chi connectivity index (χ0n) is 13.6. The molecule has 1 N–H and O–H groups in total. The topological polar surface area (TPSA) is 70.5 Å². The fourth-order valence-corrected chi connectivity index (χ4v) is 3.10. The van der Waals surface area contributed by atoms with Gasteiger partial charge in [0.25, 0.3) is 0 Å². The molecule has 7 nitrogen and oxygen atoms in total. The second-order valence-electron chi connectivity index (χ2n) is 5.29. The summed E-state index contributed by atoms with van der Waals surface area (Å²) in [6.07, 6.45) is 3.90. The van der Waals surface area contributed by atoms with E-state index >= 15 is 0 Å². The second-order valence-corrected chi connectivity index (χ2v) is 7.27. The van der Waals surface area contributed by atoms with E-state index in [-0.39, 0.29) is 0 Å². The maximum atomic E-state index is 11.4. The van der Waals surface area contributed by atoms with Gasteiger partial charge in [0.1, 0.15) is 0 Å². The Morgan fingerprint density at radius 2 is 2.05 bits per heavy atom. The van der Waals surface area contributed by atoms with Crippen molar-refractivity contribution < 1.29 is 8.42 Å². The van der Waals surface area contributed by atoms with Crippen LogP contribution in [0.25, 0.3) is 0 Å². The van der Waals surface area contributed by atoms with E-state index < -0.39 is 10.0 Å². The summed E-state index contributed by atoms with van der Waals surface area (Å²) in [7, 11) is 2.83. The van der Waals surface area contributed by atoms with Gasteiger partial charge in [0.15, 0.2) is 0 Å². The standard InChI is InChI=1S/C13H27N5O2S/c1-6-18(21(5,19)20)9-7-8-14-10-12-11-15-13(16(2)3)17(12)4/h11,14H,6-10H2,1-5H3. The number of aromatic nitrogens is 2. The molecule has 1 heterocycles. The van der Waals surface area contributed by atoms with Gasteiger partial charge in [0, 0.05) is 40.8 Å². The zero-order chi connectivity index (χ0) is 16.0. The highest BCUT2D eigenvalue weighted by molar-refractivity contribution is 7.88. The lowest BCUT2D eigenvalue weighted by molar-refractivity contribution is 0.418. The molecule has 122 valence electrons. The summed E-state index contributed by atoms with van der Waals surface area (Å²) in [6.45, 7) is 4.42. The Morgan fingerprint density at radius 1 is 1.38 bits per heavy atom. The Balaban J connectivity index is 2.35. The van der Waals surface area contributed by atoms with Crippen LogP contribution in [0.5, 0.6) is 0 Å². The lowest BCUT2D eigenvalue weighted by Gasteiger charge is -2.17. The number of sulfonamides is 1. The van der Waals surface area contributed by atoms with E-state index in [1.165, 1.54) is 10.6 Å². The van der Waals surface area contributed by atoms with Crippen LogP contribution in [0.4, 0.5) is 5.95 Å². The molecule has 21 heavy (non-hydrogen) atoms. The molecule has 1 aromatic heterocycles. The third-order valence-corrected chi connectivity index (χ3v) is 4.73. The monoisotopic (exact) mass is 317 g/mol. The predicted octanol–water partition coefficient (Wildman–Crippen LogP) is 0.247. The van der Waals surface area contributed by atoms with Crippen molar-refractivity contribution in [3.63, 3.8) is 0 Å². The maximum absolute atomic E-state index is 11.4. The first-order valence-electron chi connectivity index (χ1n) is 7.11. The molecule has 0 aliphatic rings. The number of nitrogens with zero attached hydrogens (tertiary/aromatic N) is 4. The molecule has 0 aliphatic heterocycles. The largest absolute Gasteiger partial charge is 0.348 e. The minimum atomic E-state index is -3.08. The molecule has 0 aliphatic carbocycles. The smallest absolute Gasteiger partial charge is 0.211 e. The molecular formula is C13H27N5O2S. The van der Waals surface area contributed by atoms with E-state index in [9.17, 15) is 8.42 Å². The van der Waals surface area contributed by atoms with Crippen LogP contribution in [0.15, 0.2) is 6.20 Å². The Morgan fingerprint density at radius 3 is 2.52 bits per heavy atom. The first-order valence-corrected chi connectivity index (χ1v) is 8.96. The van der Waals surface area contributed by atoms with Gasteiger partial charge in [-0.3, -0.25) is 0 Å². The van der Waals surface area contributed by atoms with Crippen molar-refractivity contribution in [2.75, 3.05) is 44.9 Å². The molecule has 0 bridgehead atoms. The molecule has 0 saturated heterocycles. The second kappa shape index (κ2) is 7.77. The van der Waals surface area contributed by atoms with Crippen molar-refractivity contribution in [3.8, 4) is 0 Å². The number of imidazole rings is 1. The van der Waals surface area contributed by atoms with Crippen LogP contribution in [0.2, 0.25) is 0 Å². The Kier molecular flexibility index (Phi) is 6.63. The van der Waals surface area contributed by atoms with Gasteiger partial charge in [-0.15, -0.1) is 0 Å². The normalized spacial score (nSPS) is 12.1. The lowest BCUT2D eigenvalue weighted by Crippen LogP contribution is -2.32. The van der Waals surface area contributed by atoms with Gasteiger partial charge in [-0.05, 0) is 13.0 Å². The summed E-state index contributed by atoms with van der Waals surface area (Å²) in [5, 5.41) is 3.32. The number of nitrogens with one attached hydrogen (secondary N) is 1. The van der Waals surface area contributed by atoms with Crippen LogP contribution in [0.1, 0.15) is 19.0 Å². The van der Waals surface area contributed by atoms with E-state index in [0.717, 1.165) is 31.2 Å². The Bertz CT molecular complexity index is 539. The number of anilines is 1. The van der Waals surface area contributed by atoms with E-state index in [1.54, 1.807) is 0 Å². The summed E-state index contributed by atoms with van der Waals surface area (Å²) < 4.78 is 26.4. The average Bonchev–Trinajstić information content (AvgIpc) is 2.74. The summed E-state index contributed by atoms with van der Waals surface area (Å²) >= 11 is 0. The van der Waals surface area contributed by atoms with Crippen molar-refractivity contribution in [2.24, 2.45) is 7.05 Å². The average molecular weight is 317 g/mol. The van der Waals surface area contributed by atoms with E-state index in [1.807, 2.05) is 43.7 Å². The fraction of sp³-hybridized carbons (Fsp3) is 0.769. The maximum Gasteiger partial charge on any atom is 0.211 e. The van der Waals surface area contributed by atoms with Crippen molar-refractivity contribution in [3.05, 3.63) is 11.9 Å². The molecule has 1 aromatic rings. The first-order chi connectivity index (χ1) is 9.77. The molecule has 0 unspecified atom stereocenters. The summed E-state index contributed by atoms with van der Waals surface area (Å²) in [4.78, 5) is 6.32.